The first-order valence-corrected chi connectivity index (χ1v) is 13.0. The highest BCUT2D eigenvalue weighted by Crippen LogP contribution is 2.38. The van der Waals surface area contributed by atoms with E-state index in [0.717, 1.165) is 32.9 Å². The predicted octanol–water partition coefficient (Wildman–Crippen LogP) is 4.62. The molecule has 1 aromatic heterocycles. The molecule has 0 radical (unpaired) electrons. The molecule has 12 heteroatoms. The van der Waals surface area contributed by atoms with Gasteiger partial charge in [0, 0.05) is 45.1 Å². The minimum atomic E-state index is -0.457. The van der Waals surface area contributed by atoms with Gasteiger partial charge in [0.2, 0.25) is 0 Å². The fraction of sp³-hybridized carbons (Fsp3) is 0.385. The van der Waals surface area contributed by atoms with E-state index in [4.69, 9.17) is 14.0 Å². The van der Waals surface area contributed by atoms with Crippen molar-refractivity contribution in [3.63, 3.8) is 0 Å². The highest BCUT2D eigenvalue weighted by Gasteiger charge is 2.19. The van der Waals surface area contributed by atoms with Gasteiger partial charge in [-0.15, -0.1) is 0 Å². The van der Waals surface area contributed by atoms with Gasteiger partial charge in [0.1, 0.15) is 16.9 Å². The van der Waals surface area contributed by atoms with Gasteiger partial charge in [0.05, 0.1) is 32.8 Å². The molecule has 38 heavy (non-hydrogen) atoms. The Morgan fingerprint density at radius 2 is 1.92 bits per heavy atom. The van der Waals surface area contributed by atoms with Crippen molar-refractivity contribution in [2.24, 2.45) is 0 Å². The third-order valence-corrected chi connectivity index (χ3v) is 6.44. The SMILES string of the molecule is CC.COC(=O)NCC1=CN(Cc2cc(OC)c3c(NSc4ccc(N(C)C)cc4OC)noc3c2)NC1. The monoisotopic (exact) mass is 544 g/mol. The normalized spacial score (nSPS) is 12.4. The highest BCUT2D eigenvalue weighted by atomic mass is 32.2. The Bertz CT molecular complexity index is 1260. The summed E-state index contributed by atoms with van der Waals surface area (Å²) in [6.07, 6.45) is 1.51. The van der Waals surface area contributed by atoms with E-state index in [1.807, 2.05) is 74.4 Å². The fourth-order valence-corrected chi connectivity index (χ4v) is 4.44. The van der Waals surface area contributed by atoms with Crippen LogP contribution < -0.4 is 29.8 Å². The molecule has 0 unspecified atom stereocenters. The number of hydrogen-bond acceptors (Lipinski definition) is 11. The Balaban J connectivity index is 0.00000195. The van der Waals surface area contributed by atoms with Gasteiger partial charge in [0.25, 0.3) is 0 Å². The number of anilines is 2. The number of hydrogen-bond donors (Lipinski definition) is 3. The molecule has 2 heterocycles. The molecule has 1 amide bonds. The summed E-state index contributed by atoms with van der Waals surface area (Å²) in [6.45, 7) is 5.62. The number of alkyl carbamates (subject to hydrolysis) is 1. The number of nitrogens with one attached hydrogen (secondary N) is 3. The van der Waals surface area contributed by atoms with Gasteiger partial charge < -0.3 is 38.7 Å². The van der Waals surface area contributed by atoms with Gasteiger partial charge in [-0.25, -0.2) is 10.2 Å². The molecule has 3 N–H and O–H groups in total. The first-order chi connectivity index (χ1) is 18.4. The summed E-state index contributed by atoms with van der Waals surface area (Å²) >= 11 is 1.39. The smallest absolute Gasteiger partial charge is 0.407 e. The largest absolute Gasteiger partial charge is 0.496 e. The zero-order valence-electron chi connectivity index (χ0n) is 22.9. The van der Waals surface area contributed by atoms with Gasteiger partial charge in [0.15, 0.2) is 11.4 Å². The third-order valence-electron chi connectivity index (χ3n) is 5.58. The molecule has 0 saturated heterocycles. The number of fused-ring (bicyclic) bond motifs is 1. The zero-order valence-corrected chi connectivity index (χ0v) is 23.7. The summed E-state index contributed by atoms with van der Waals surface area (Å²) in [4.78, 5) is 14.2. The van der Waals surface area contributed by atoms with Crippen molar-refractivity contribution in [3.05, 3.63) is 47.7 Å². The second kappa shape index (κ2) is 13.7. The molecule has 11 nitrogen and oxygen atoms in total. The molecule has 4 rings (SSSR count). The van der Waals surface area contributed by atoms with Crippen LogP contribution in [0.3, 0.4) is 0 Å². The number of amides is 1. The van der Waals surface area contributed by atoms with Crippen molar-refractivity contribution in [1.29, 1.82) is 0 Å². The Morgan fingerprint density at radius 3 is 2.61 bits per heavy atom. The molecule has 0 spiro atoms. The number of benzene rings is 2. The summed E-state index contributed by atoms with van der Waals surface area (Å²) in [5, 5.41) is 9.61. The van der Waals surface area contributed by atoms with Gasteiger partial charge in [-0.2, -0.15) is 0 Å². The Morgan fingerprint density at radius 1 is 1.16 bits per heavy atom. The highest BCUT2D eigenvalue weighted by molar-refractivity contribution is 8.00. The number of rotatable bonds is 10. The average Bonchev–Trinajstić information content (AvgIpc) is 3.57. The minimum absolute atomic E-state index is 0.413. The van der Waals surface area contributed by atoms with E-state index in [1.165, 1.54) is 19.1 Å². The zero-order chi connectivity index (χ0) is 27.7. The minimum Gasteiger partial charge on any atom is -0.496 e. The molecule has 2 aromatic carbocycles. The molecule has 206 valence electrons. The summed E-state index contributed by atoms with van der Waals surface area (Å²) in [7, 11) is 8.58. The second-order valence-corrected chi connectivity index (χ2v) is 9.08. The Hall–Kier alpha value is -3.77. The fourth-order valence-electron chi connectivity index (χ4n) is 3.71. The lowest BCUT2D eigenvalue weighted by Gasteiger charge is -2.16. The maximum absolute atomic E-state index is 11.3. The number of aromatic nitrogens is 1. The van der Waals surface area contributed by atoms with Gasteiger partial charge in [-0.1, -0.05) is 19.0 Å². The van der Waals surface area contributed by atoms with E-state index in [0.29, 0.717) is 36.8 Å². The van der Waals surface area contributed by atoms with Crippen LogP contribution in [-0.4, -0.2) is 64.8 Å². The molecule has 0 saturated carbocycles. The van der Waals surface area contributed by atoms with Crippen molar-refractivity contribution in [3.8, 4) is 11.5 Å². The van der Waals surface area contributed by atoms with Crippen molar-refractivity contribution >= 4 is 40.5 Å². The van der Waals surface area contributed by atoms with Crippen LogP contribution in [0.4, 0.5) is 16.3 Å². The molecular weight excluding hydrogens is 508 g/mol. The Kier molecular flexibility index (Phi) is 10.4. The molecule has 0 bridgehead atoms. The van der Waals surface area contributed by atoms with Crippen LogP contribution in [-0.2, 0) is 11.3 Å². The van der Waals surface area contributed by atoms with Crippen LogP contribution in [0.15, 0.2) is 51.5 Å². The van der Waals surface area contributed by atoms with Gasteiger partial charge >= 0.3 is 6.09 Å². The average molecular weight is 545 g/mol. The van der Waals surface area contributed by atoms with E-state index >= 15 is 0 Å². The summed E-state index contributed by atoms with van der Waals surface area (Å²) in [5.74, 6) is 1.97. The summed E-state index contributed by atoms with van der Waals surface area (Å²) < 4.78 is 24.7. The lowest BCUT2D eigenvalue weighted by Crippen LogP contribution is -2.29. The molecule has 0 atom stereocenters. The number of carbonyl (C=O) groups excluding carboxylic acids is 1. The molecule has 1 aliphatic heterocycles. The molecular formula is C26H36N6O5S. The first-order valence-electron chi connectivity index (χ1n) is 12.2. The predicted molar refractivity (Wildman–Crippen MR) is 151 cm³/mol. The number of methoxy groups -OCH3 is 3. The first kappa shape index (κ1) is 28.8. The second-order valence-electron chi connectivity index (χ2n) is 8.23. The van der Waals surface area contributed by atoms with E-state index in [1.54, 1.807) is 14.2 Å². The lowest BCUT2D eigenvalue weighted by atomic mass is 10.1. The van der Waals surface area contributed by atoms with E-state index in [9.17, 15) is 4.79 Å². The maximum Gasteiger partial charge on any atom is 0.407 e. The van der Waals surface area contributed by atoms with Crippen molar-refractivity contribution in [1.82, 2.24) is 20.9 Å². The van der Waals surface area contributed by atoms with Gasteiger partial charge in [-0.3, -0.25) is 0 Å². The van der Waals surface area contributed by atoms with E-state index < -0.39 is 6.09 Å². The van der Waals surface area contributed by atoms with Gasteiger partial charge in [-0.05, 0) is 47.3 Å². The van der Waals surface area contributed by atoms with Crippen molar-refractivity contribution < 1.29 is 23.5 Å². The molecule has 1 aliphatic rings. The van der Waals surface area contributed by atoms with Crippen LogP contribution in [0, 0.1) is 0 Å². The lowest BCUT2D eigenvalue weighted by molar-refractivity contribution is 0.172. The molecule has 0 fully saturated rings. The van der Waals surface area contributed by atoms with E-state index in [-0.39, 0.29) is 0 Å². The third kappa shape index (κ3) is 6.95. The number of hydrazine groups is 1. The summed E-state index contributed by atoms with van der Waals surface area (Å²) in [5.41, 5.74) is 6.94. The van der Waals surface area contributed by atoms with Crippen molar-refractivity contribution in [2.45, 2.75) is 25.3 Å². The summed E-state index contributed by atoms with van der Waals surface area (Å²) in [6, 6.07) is 9.90. The van der Waals surface area contributed by atoms with Crippen molar-refractivity contribution in [2.75, 3.05) is 58.1 Å². The number of ether oxygens (including phenoxy) is 3. The standard InChI is InChI=1S/C24H30N6O5S.C2H6/c1-29(2)17-6-7-21(18(10-17)32-3)36-28-23-22-19(33-4)8-15(9-20(22)35-27-23)13-30-14-16(12-26-30)11-25-24(31)34-5;1-2/h6-10,14,26H,11-13H2,1-5H3,(H,25,31)(H,27,28);1-2H3. The van der Waals surface area contributed by atoms with E-state index in [2.05, 4.69) is 25.4 Å². The molecule has 3 aromatic rings. The number of carbonyl (C=O) groups is 1. The van der Waals surface area contributed by atoms with Crippen LogP contribution in [0.5, 0.6) is 11.5 Å². The van der Waals surface area contributed by atoms with Crippen LogP contribution in [0.1, 0.15) is 19.4 Å². The quantitative estimate of drug-likeness (QED) is 0.311. The number of nitrogens with zero attached hydrogens (tertiary/aromatic N) is 3. The van der Waals surface area contributed by atoms with Crippen LogP contribution >= 0.6 is 11.9 Å². The Labute approximate surface area is 227 Å². The van der Waals surface area contributed by atoms with Crippen LogP contribution in [0.2, 0.25) is 0 Å². The topological polar surface area (TPSA) is 113 Å². The molecule has 0 aliphatic carbocycles. The van der Waals surface area contributed by atoms with Crippen LogP contribution in [0.25, 0.3) is 11.0 Å². The maximum atomic E-state index is 11.3.